The molecule has 1 aliphatic carbocycles. The van der Waals surface area contributed by atoms with Gasteiger partial charge in [0.25, 0.3) is 5.91 Å². The number of amides is 1. The second kappa shape index (κ2) is 7.40. The highest BCUT2D eigenvalue weighted by Gasteiger charge is 2.31. The molecule has 1 fully saturated rings. The third-order valence-electron chi connectivity index (χ3n) is 5.03. The third-order valence-corrected chi connectivity index (χ3v) is 5.03. The van der Waals surface area contributed by atoms with Crippen LogP contribution in [0, 0.1) is 0 Å². The van der Waals surface area contributed by atoms with Crippen molar-refractivity contribution in [3.63, 3.8) is 0 Å². The Morgan fingerprint density at radius 1 is 1.26 bits per heavy atom. The number of aromatic carboxylic acids is 1. The number of carbonyl (C=O) groups excluding carboxylic acids is 1. The Labute approximate surface area is 155 Å². The average molecular weight is 371 g/mol. The number of hydrogen-bond acceptors (Lipinski definition) is 5. The van der Waals surface area contributed by atoms with E-state index in [2.05, 4.69) is 15.5 Å². The smallest absolute Gasteiger partial charge is 0.335 e. The molecule has 0 unspecified atom stereocenters. The van der Waals surface area contributed by atoms with Crippen molar-refractivity contribution in [1.29, 1.82) is 0 Å². The van der Waals surface area contributed by atoms with Crippen LogP contribution in [-0.2, 0) is 17.6 Å². The molecule has 1 aromatic heterocycles. The number of carboxylic acids is 1. The molecule has 27 heavy (non-hydrogen) atoms. The fourth-order valence-corrected chi connectivity index (χ4v) is 3.59. The van der Waals surface area contributed by atoms with E-state index in [0.717, 1.165) is 30.5 Å². The molecule has 142 valence electrons. The van der Waals surface area contributed by atoms with Gasteiger partial charge in [-0.1, -0.05) is 0 Å². The van der Waals surface area contributed by atoms with Gasteiger partial charge >= 0.3 is 5.97 Å². The van der Waals surface area contributed by atoms with E-state index in [1.165, 1.54) is 12.1 Å². The van der Waals surface area contributed by atoms with Crippen LogP contribution < -0.4 is 10.1 Å². The summed E-state index contributed by atoms with van der Waals surface area (Å²) >= 11 is 0. The van der Waals surface area contributed by atoms with Crippen LogP contribution in [0.3, 0.4) is 0 Å². The van der Waals surface area contributed by atoms with Gasteiger partial charge in [-0.3, -0.25) is 9.89 Å². The second-order valence-electron chi connectivity index (χ2n) is 6.81. The maximum absolute atomic E-state index is 12.7. The highest BCUT2D eigenvalue weighted by Crippen LogP contribution is 2.23. The molecular weight excluding hydrogens is 350 g/mol. The number of carbonyl (C=O) groups is 2. The molecule has 1 amide bonds. The standard InChI is InChI=1S/C19H21N3O5/c23-18(17-13-2-1-3-14(13)21-22-17)20-15-8-9-26-10-16(15)27-12-6-4-11(5-7-12)19(24)25/h4-7,15-16H,1-3,8-10H2,(H,20,23)(H,21,22)(H,24,25)/t15-,16-/m1/s1. The highest BCUT2D eigenvalue weighted by atomic mass is 16.5. The first-order valence-electron chi connectivity index (χ1n) is 9.06. The van der Waals surface area contributed by atoms with E-state index in [0.29, 0.717) is 31.1 Å². The number of nitrogens with one attached hydrogen (secondary N) is 2. The van der Waals surface area contributed by atoms with Gasteiger partial charge in [0.2, 0.25) is 0 Å². The Morgan fingerprint density at radius 2 is 2.07 bits per heavy atom. The Kier molecular flexibility index (Phi) is 4.81. The third kappa shape index (κ3) is 3.66. The lowest BCUT2D eigenvalue weighted by Gasteiger charge is -2.32. The van der Waals surface area contributed by atoms with Gasteiger partial charge in [-0.2, -0.15) is 5.10 Å². The number of carboxylic acid groups (broad SMARTS) is 1. The second-order valence-corrected chi connectivity index (χ2v) is 6.81. The van der Waals surface area contributed by atoms with Crippen molar-refractivity contribution < 1.29 is 24.2 Å². The van der Waals surface area contributed by atoms with E-state index in [-0.39, 0.29) is 23.6 Å². The van der Waals surface area contributed by atoms with Crippen molar-refractivity contribution in [2.24, 2.45) is 0 Å². The van der Waals surface area contributed by atoms with Crippen LogP contribution in [0.4, 0.5) is 0 Å². The van der Waals surface area contributed by atoms with E-state index in [4.69, 9.17) is 14.6 Å². The molecule has 8 heteroatoms. The molecule has 0 saturated carbocycles. The number of aromatic nitrogens is 2. The van der Waals surface area contributed by atoms with Gasteiger partial charge in [0, 0.05) is 17.9 Å². The van der Waals surface area contributed by atoms with Crippen LogP contribution in [0.25, 0.3) is 0 Å². The van der Waals surface area contributed by atoms with Gasteiger partial charge in [-0.15, -0.1) is 0 Å². The molecular formula is C19H21N3O5. The summed E-state index contributed by atoms with van der Waals surface area (Å²) in [7, 11) is 0. The van der Waals surface area contributed by atoms with Crippen LogP contribution in [0.5, 0.6) is 5.75 Å². The minimum Gasteiger partial charge on any atom is -0.486 e. The molecule has 2 heterocycles. The lowest BCUT2D eigenvalue weighted by Crippen LogP contribution is -2.51. The summed E-state index contributed by atoms with van der Waals surface area (Å²) in [6.07, 6.45) is 3.13. The first-order valence-corrected chi connectivity index (χ1v) is 9.06. The summed E-state index contributed by atoms with van der Waals surface area (Å²) in [5, 5.41) is 19.1. The average Bonchev–Trinajstić information content (AvgIpc) is 3.27. The summed E-state index contributed by atoms with van der Waals surface area (Å²) in [6, 6.07) is 5.98. The Balaban J connectivity index is 1.44. The lowest BCUT2D eigenvalue weighted by atomic mass is 10.0. The fourth-order valence-electron chi connectivity index (χ4n) is 3.59. The minimum absolute atomic E-state index is 0.194. The molecule has 1 aromatic carbocycles. The van der Waals surface area contributed by atoms with Gasteiger partial charge in [0.15, 0.2) is 5.69 Å². The van der Waals surface area contributed by atoms with Crippen LogP contribution in [0.15, 0.2) is 24.3 Å². The maximum Gasteiger partial charge on any atom is 0.335 e. The van der Waals surface area contributed by atoms with Crippen molar-refractivity contribution in [3.8, 4) is 5.75 Å². The predicted molar refractivity (Wildman–Crippen MR) is 95.1 cm³/mol. The first-order chi connectivity index (χ1) is 13.1. The van der Waals surface area contributed by atoms with Crippen LogP contribution in [0.1, 0.15) is 44.9 Å². The van der Waals surface area contributed by atoms with Crippen molar-refractivity contribution in [2.45, 2.75) is 37.8 Å². The lowest BCUT2D eigenvalue weighted by molar-refractivity contribution is -0.0135. The highest BCUT2D eigenvalue weighted by molar-refractivity contribution is 5.94. The molecule has 0 spiro atoms. The van der Waals surface area contributed by atoms with Crippen molar-refractivity contribution in [1.82, 2.24) is 15.5 Å². The Hall–Kier alpha value is -2.87. The molecule has 2 atom stereocenters. The van der Waals surface area contributed by atoms with Gasteiger partial charge < -0.3 is 19.9 Å². The number of hydrogen-bond donors (Lipinski definition) is 3. The van der Waals surface area contributed by atoms with Crippen molar-refractivity contribution >= 4 is 11.9 Å². The van der Waals surface area contributed by atoms with E-state index in [9.17, 15) is 9.59 Å². The number of fused-ring (bicyclic) bond motifs is 1. The topological polar surface area (TPSA) is 114 Å². The van der Waals surface area contributed by atoms with Crippen LogP contribution >= 0.6 is 0 Å². The quantitative estimate of drug-likeness (QED) is 0.735. The predicted octanol–water partition coefficient (Wildman–Crippen LogP) is 1.56. The number of aromatic amines is 1. The molecule has 8 nitrogen and oxygen atoms in total. The summed E-state index contributed by atoms with van der Waals surface area (Å²) in [5.74, 6) is -0.647. The molecule has 0 bridgehead atoms. The number of aryl methyl sites for hydroxylation is 1. The van der Waals surface area contributed by atoms with Crippen molar-refractivity contribution in [2.75, 3.05) is 13.2 Å². The molecule has 1 aliphatic heterocycles. The van der Waals surface area contributed by atoms with E-state index >= 15 is 0 Å². The van der Waals surface area contributed by atoms with Gasteiger partial charge in [0.05, 0.1) is 18.2 Å². The summed E-state index contributed by atoms with van der Waals surface area (Å²) in [5.41, 5.74) is 2.73. The monoisotopic (exact) mass is 371 g/mol. The van der Waals surface area contributed by atoms with E-state index in [1.54, 1.807) is 12.1 Å². The van der Waals surface area contributed by atoms with Crippen molar-refractivity contribution in [3.05, 3.63) is 46.8 Å². The SMILES string of the molecule is O=C(O)c1ccc(O[C@@H]2COCC[C@H]2NC(=O)c2n[nH]c3c2CCC3)cc1. The Morgan fingerprint density at radius 3 is 2.85 bits per heavy atom. The molecule has 1 saturated heterocycles. The summed E-state index contributed by atoms with van der Waals surface area (Å²) < 4.78 is 11.5. The number of nitrogens with zero attached hydrogens (tertiary/aromatic N) is 1. The van der Waals surface area contributed by atoms with Gasteiger partial charge in [-0.05, 0) is 49.9 Å². The van der Waals surface area contributed by atoms with E-state index < -0.39 is 5.97 Å². The number of rotatable bonds is 5. The normalized spacial score (nSPS) is 21.5. The van der Waals surface area contributed by atoms with E-state index in [1.807, 2.05) is 0 Å². The molecule has 2 aliphatic rings. The number of H-pyrrole nitrogens is 1. The zero-order valence-corrected chi connectivity index (χ0v) is 14.7. The Bertz CT molecular complexity index is 846. The van der Waals surface area contributed by atoms with Gasteiger partial charge in [0.1, 0.15) is 11.9 Å². The minimum atomic E-state index is -0.987. The summed E-state index contributed by atoms with van der Waals surface area (Å²) in [6.45, 7) is 0.895. The summed E-state index contributed by atoms with van der Waals surface area (Å²) in [4.78, 5) is 23.6. The molecule has 2 aromatic rings. The molecule has 4 rings (SSSR count). The molecule has 0 radical (unpaired) electrons. The van der Waals surface area contributed by atoms with Crippen LogP contribution in [0.2, 0.25) is 0 Å². The van der Waals surface area contributed by atoms with Crippen LogP contribution in [-0.4, -0.2) is 52.5 Å². The largest absolute Gasteiger partial charge is 0.486 e. The molecule has 3 N–H and O–H groups in total. The zero-order chi connectivity index (χ0) is 18.8. The number of ether oxygens (including phenoxy) is 2. The number of benzene rings is 1. The maximum atomic E-state index is 12.7. The van der Waals surface area contributed by atoms with Gasteiger partial charge in [-0.25, -0.2) is 4.79 Å². The zero-order valence-electron chi connectivity index (χ0n) is 14.7. The fraction of sp³-hybridized carbons (Fsp3) is 0.421. The first kappa shape index (κ1) is 17.5.